The lowest BCUT2D eigenvalue weighted by Gasteiger charge is -2.35. The first-order valence-corrected chi connectivity index (χ1v) is 12.8. The average molecular weight is 501 g/mol. The summed E-state index contributed by atoms with van der Waals surface area (Å²) in [6.45, 7) is 6.62. The van der Waals surface area contributed by atoms with Gasteiger partial charge in [-0.3, -0.25) is 9.47 Å². The van der Waals surface area contributed by atoms with E-state index in [4.69, 9.17) is 24.4 Å². The molecule has 0 amide bonds. The molecule has 0 N–H and O–H groups in total. The van der Waals surface area contributed by atoms with Gasteiger partial charge >= 0.3 is 0 Å². The first-order chi connectivity index (χ1) is 18.2. The molecule has 0 saturated carbocycles. The maximum atomic E-state index is 6.15. The Hall–Kier alpha value is -3.60. The van der Waals surface area contributed by atoms with Crippen molar-refractivity contribution in [1.29, 1.82) is 0 Å². The second kappa shape index (κ2) is 10.8. The van der Waals surface area contributed by atoms with Crippen molar-refractivity contribution >= 4 is 22.9 Å². The van der Waals surface area contributed by atoms with Gasteiger partial charge in [-0.15, -0.1) is 0 Å². The smallest absolute Gasteiger partial charge is 0.242 e. The largest absolute Gasteiger partial charge is 0.378 e. The van der Waals surface area contributed by atoms with Crippen molar-refractivity contribution < 1.29 is 9.47 Å². The molecule has 10 nitrogen and oxygen atoms in total. The summed E-state index contributed by atoms with van der Waals surface area (Å²) in [7, 11) is 2.14. The van der Waals surface area contributed by atoms with Gasteiger partial charge in [0.15, 0.2) is 0 Å². The monoisotopic (exact) mass is 500 g/mol. The van der Waals surface area contributed by atoms with Crippen molar-refractivity contribution in [3.63, 3.8) is 0 Å². The van der Waals surface area contributed by atoms with Crippen LogP contribution >= 0.6 is 0 Å². The zero-order valence-electron chi connectivity index (χ0n) is 21.1. The molecule has 37 heavy (non-hydrogen) atoms. The summed E-state index contributed by atoms with van der Waals surface area (Å²) < 4.78 is 13.7. The topological polar surface area (TPSA) is 84.7 Å². The van der Waals surface area contributed by atoms with Crippen LogP contribution in [0.4, 0.5) is 11.9 Å². The van der Waals surface area contributed by atoms with Crippen LogP contribution in [-0.4, -0.2) is 95.1 Å². The Morgan fingerprint density at radius 3 is 2.38 bits per heavy atom. The molecule has 2 fully saturated rings. The standard InChI is InChI=1S/C27H32N8O2/c1-32(17-21-7-3-2-4-8-21)18-22-19-34(13-16-37-22)26-29-25(33-11-14-36-15-12-33)30-27(31-26)35-20-28-23-9-5-6-10-24(23)35/h2-10,20,22H,11-19H2,1H3. The molecule has 2 aromatic heterocycles. The number of ether oxygens (including phenoxy) is 2. The third-order valence-corrected chi connectivity index (χ3v) is 6.80. The van der Waals surface area contributed by atoms with E-state index in [0.29, 0.717) is 37.7 Å². The summed E-state index contributed by atoms with van der Waals surface area (Å²) in [5.74, 6) is 1.91. The maximum absolute atomic E-state index is 6.15. The number of imidazole rings is 1. The van der Waals surface area contributed by atoms with Gasteiger partial charge in [0.25, 0.3) is 0 Å². The molecule has 0 aliphatic carbocycles. The van der Waals surface area contributed by atoms with Gasteiger partial charge in [0.05, 0.1) is 37.0 Å². The summed E-state index contributed by atoms with van der Waals surface area (Å²) >= 11 is 0. The van der Waals surface area contributed by atoms with Crippen molar-refractivity contribution in [3.05, 3.63) is 66.5 Å². The number of aromatic nitrogens is 5. The summed E-state index contributed by atoms with van der Waals surface area (Å²) in [4.78, 5) is 26.0. The molecular weight excluding hydrogens is 468 g/mol. The van der Waals surface area contributed by atoms with Crippen LogP contribution in [0.3, 0.4) is 0 Å². The molecule has 1 unspecified atom stereocenters. The third-order valence-electron chi connectivity index (χ3n) is 6.80. The number of nitrogens with zero attached hydrogens (tertiary/aromatic N) is 8. The Morgan fingerprint density at radius 1 is 0.838 bits per heavy atom. The molecule has 4 heterocycles. The number of hydrogen-bond acceptors (Lipinski definition) is 9. The normalized spacial score (nSPS) is 18.6. The molecule has 6 rings (SSSR count). The summed E-state index contributed by atoms with van der Waals surface area (Å²) in [5, 5.41) is 0. The van der Waals surface area contributed by atoms with E-state index in [9.17, 15) is 0 Å². The SMILES string of the molecule is CN(Cc1ccccc1)CC1CN(c2nc(N3CCOCC3)nc(-n3cnc4ccccc43)n2)CCO1. The molecule has 0 bridgehead atoms. The number of anilines is 2. The molecule has 2 saturated heterocycles. The number of rotatable bonds is 7. The molecule has 1 atom stereocenters. The fourth-order valence-corrected chi connectivity index (χ4v) is 4.93. The van der Waals surface area contributed by atoms with Crippen LogP contribution in [0.15, 0.2) is 60.9 Å². The first-order valence-electron chi connectivity index (χ1n) is 12.8. The third kappa shape index (κ3) is 5.41. The molecule has 2 aliphatic heterocycles. The van der Waals surface area contributed by atoms with Gasteiger partial charge in [0.1, 0.15) is 6.33 Å². The zero-order chi connectivity index (χ0) is 25.0. The number of hydrogen-bond donors (Lipinski definition) is 0. The minimum atomic E-state index is 0.0589. The van der Waals surface area contributed by atoms with Gasteiger partial charge < -0.3 is 19.3 Å². The van der Waals surface area contributed by atoms with Crippen molar-refractivity contribution in [2.24, 2.45) is 0 Å². The molecule has 4 aromatic rings. The Bertz CT molecular complexity index is 1320. The van der Waals surface area contributed by atoms with Crippen molar-refractivity contribution in [3.8, 4) is 5.95 Å². The van der Waals surface area contributed by atoms with Crippen LogP contribution in [0, 0.1) is 0 Å². The Kier molecular flexibility index (Phi) is 6.94. The minimum absolute atomic E-state index is 0.0589. The number of para-hydroxylation sites is 2. The van der Waals surface area contributed by atoms with Gasteiger partial charge in [0.2, 0.25) is 17.8 Å². The predicted octanol–water partition coefficient (Wildman–Crippen LogP) is 2.38. The van der Waals surface area contributed by atoms with Crippen LogP contribution in [0.5, 0.6) is 0 Å². The second-order valence-corrected chi connectivity index (χ2v) is 9.56. The lowest BCUT2D eigenvalue weighted by Crippen LogP contribution is -2.48. The fraction of sp³-hybridized carbons (Fsp3) is 0.407. The molecule has 2 aromatic carbocycles. The zero-order valence-corrected chi connectivity index (χ0v) is 21.1. The van der Waals surface area contributed by atoms with E-state index in [1.165, 1.54) is 5.56 Å². The van der Waals surface area contributed by atoms with Crippen molar-refractivity contribution in [1.82, 2.24) is 29.4 Å². The molecule has 0 radical (unpaired) electrons. The predicted molar refractivity (Wildman–Crippen MR) is 142 cm³/mol. The van der Waals surface area contributed by atoms with Crippen LogP contribution < -0.4 is 9.80 Å². The Labute approximate surface area is 216 Å². The highest BCUT2D eigenvalue weighted by atomic mass is 16.5. The Morgan fingerprint density at radius 2 is 1.54 bits per heavy atom. The van der Waals surface area contributed by atoms with E-state index >= 15 is 0 Å². The van der Waals surface area contributed by atoms with Crippen molar-refractivity contribution in [2.45, 2.75) is 12.6 Å². The van der Waals surface area contributed by atoms with Gasteiger partial charge in [-0.2, -0.15) is 15.0 Å². The maximum Gasteiger partial charge on any atom is 0.242 e. The van der Waals surface area contributed by atoms with E-state index in [1.54, 1.807) is 6.33 Å². The number of morpholine rings is 2. The average Bonchev–Trinajstić information content (AvgIpc) is 3.38. The Balaban J connectivity index is 1.26. The quantitative estimate of drug-likeness (QED) is 0.380. The highest BCUT2D eigenvalue weighted by Crippen LogP contribution is 2.22. The van der Waals surface area contributed by atoms with Crippen LogP contribution in [0.2, 0.25) is 0 Å². The fourth-order valence-electron chi connectivity index (χ4n) is 4.93. The minimum Gasteiger partial charge on any atom is -0.378 e. The van der Waals surface area contributed by atoms with Gasteiger partial charge in [-0.1, -0.05) is 42.5 Å². The second-order valence-electron chi connectivity index (χ2n) is 9.56. The lowest BCUT2D eigenvalue weighted by molar-refractivity contribution is 0.0188. The van der Waals surface area contributed by atoms with Gasteiger partial charge in [-0.05, 0) is 24.7 Å². The van der Waals surface area contributed by atoms with E-state index in [2.05, 4.69) is 51.0 Å². The summed E-state index contributed by atoms with van der Waals surface area (Å²) in [5.41, 5.74) is 3.17. The van der Waals surface area contributed by atoms with Crippen LogP contribution in [0.1, 0.15) is 5.56 Å². The number of likely N-dealkylation sites (N-methyl/N-ethyl adjacent to an activating group) is 1. The molecule has 0 spiro atoms. The summed E-state index contributed by atoms with van der Waals surface area (Å²) in [6.07, 6.45) is 1.84. The molecule has 192 valence electrons. The molecule has 10 heteroatoms. The first kappa shape index (κ1) is 23.8. The van der Waals surface area contributed by atoms with Gasteiger partial charge in [-0.25, -0.2) is 4.98 Å². The highest BCUT2D eigenvalue weighted by Gasteiger charge is 2.26. The lowest BCUT2D eigenvalue weighted by atomic mass is 10.2. The highest BCUT2D eigenvalue weighted by molar-refractivity contribution is 5.76. The number of benzene rings is 2. The summed E-state index contributed by atoms with van der Waals surface area (Å²) in [6, 6.07) is 18.5. The van der Waals surface area contributed by atoms with E-state index in [-0.39, 0.29) is 6.10 Å². The number of fused-ring (bicyclic) bond motifs is 1. The van der Waals surface area contributed by atoms with Gasteiger partial charge in [0, 0.05) is 39.3 Å². The molecular formula is C27H32N8O2. The van der Waals surface area contributed by atoms with E-state index < -0.39 is 0 Å². The molecule has 2 aliphatic rings. The van der Waals surface area contributed by atoms with E-state index in [1.807, 2.05) is 34.9 Å². The van der Waals surface area contributed by atoms with E-state index in [0.717, 1.165) is 50.3 Å². The van der Waals surface area contributed by atoms with Crippen LogP contribution in [0.25, 0.3) is 17.0 Å². The van der Waals surface area contributed by atoms with Crippen LogP contribution in [-0.2, 0) is 16.0 Å². The van der Waals surface area contributed by atoms with Crippen molar-refractivity contribution in [2.75, 3.05) is 69.4 Å².